The SMILES string of the molecule is Nc1cc(Cl)c(Oc2cnc3cc(Cl)ccc3n2)c(Cl)c1. The average Bonchev–Trinajstić information content (AvgIpc) is 2.43. The van der Waals surface area contributed by atoms with Crippen LogP contribution in [0.15, 0.2) is 36.5 Å². The lowest BCUT2D eigenvalue weighted by Crippen LogP contribution is -1.93. The van der Waals surface area contributed by atoms with Gasteiger partial charge in [-0.3, -0.25) is 0 Å². The van der Waals surface area contributed by atoms with E-state index in [-0.39, 0.29) is 11.6 Å². The third-order valence-corrected chi connectivity index (χ3v) is 3.51. The van der Waals surface area contributed by atoms with Gasteiger partial charge in [0.05, 0.1) is 27.3 Å². The van der Waals surface area contributed by atoms with Crippen molar-refractivity contribution < 1.29 is 4.74 Å². The van der Waals surface area contributed by atoms with E-state index >= 15 is 0 Å². The second-order valence-electron chi connectivity index (χ2n) is 4.26. The van der Waals surface area contributed by atoms with E-state index in [2.05, 4.69) is 9.97 Å². The summed E-state index contributed by atoms with van der Waals surface area (Å²) in [5, 5.41) is 1.20. The maximum atomic E-state index is 6.07. The monoisotopic (exact) mass is 339 g/mol. The summed E-state index contributed by atoms with van der Waals surface area (Å²) in [5.74, 6) is 0.563. The number of halogens is 3. The summed E-state index contributed by atoms with van der Waals surface area (Å²) in [6.45, 7) is 0. The lowest BCUT2D eigenvalue weighted by atomic mass is 10.3. The van der Waals surface area contributed by atoms with E-state index in [1.54, 1.807) is 30.3 Å². The second kappa shape index (κ2) is 5.56. The number of nitrogens with two attached hydrogens (primary N) is 1. The molecule has 2 aromatic carbocycles. The zero-order valence-corrected chi connectivity index (χ0v) is 12.7. The van der Waals surface area contributed by atoms with Crippen LogP contribution in [0.5, 0.6) is 11.6 Å². The lowest BCUT2D eigenvalue weighted by molar-refractivity contribution is 0.463. The van der Waals surface area contributed by atoms with Crippen LogP contribution in [0.3, 0.4) is 0 Å². The van der Waals surface area contributed by atoms with Gasteiger partial charge in [0.15, 0.2) is 5.75 Å². The summed E-state index contributed by atoms with van der Waals surface area (Å²) in [4.78, 5) is 8.56. The first-order valence-corrected chi connectivity index (χ1v) is 7.01. The first-order valence-electron chi connectivity index (χ1n) is 5.87. The van der Waals surface area contributed by atoms with Gasteiger partial charge in [-0.05, 0) is 30.3 Å². The number of benzene rings is 2. The fourth-order valence-corrected chi connectivity index (χ4v) is 2.55. The summed E-state index contributed by atoms with van der Waals surface area (Å²) < 4.78 is 5.61. The third-order valence-electron chi connectivity index (χ3n) is 2.71. The van der Waals surface area contributed by atoms with Gasteiger partial charge >= 0.3 is 0 Å². The number of fused-ring (bicyclic) bond motifs is 1. The zero-order valence-electron chi connectivity index (χ0n) is 10.5. The van der Waals surface area contributed by atoms with Crippen molar-refractivity contribution in [1.29, 1.82) is 0 Å². The fraction of sp³-hybridized carbons (Fsp3) is 0. The molecule has 0 aliphatic heterocycles. The average molecular weight is 341 g/mol. The Morgan fingerprint density at radius 1 is 0.952 bits per heavy atom. The van der Waals surface area contributed by atoms with Gasteiger partial charge in [0.25, 0.3) is 0 Å². The Kier molecular flexibility index (Phi) is 3.76. The number of nitrogen functional groups attached to an aromatic ring is 1. The highest BCUT2D eigenvalue weighted by Gasteiger charge is 2.11. The van der Waals surface area contributed by atoms with Crippen molar-refractivity contribution in [2.45, 2.75) is 0 Å². The predicted octanol–water partition coefficient (Wildman–Crippen LogP) is 4.96. The number of hydrogen-bond donors (Lipinski definition) is 1. The molecule has 0 saturated heterocycles. The summed E-state index contributed by atoms with van der Waals surface area (Å²) >= 11 is 18.0. The normalized spacial score (nSPS) is 10.8. The maximum absolute atomic E-state index is 6.07. The summed E-state index contributed by atoms with van der Waals surface area (Å²) in [6, 6.07) is 8.31. The van der Waals surface area contributed by atoms with Crippen molar-refractivity contribution in [2.75, 3.05) is 5.73 Å². The number of ether oxygens (including phenoxy) is 1. The van der Waals surface area contributed by atoms with Crippen molar-refractivity contribution >= 4 is 51.5 Å². The molecular weight excluding hydrogens is 333 g/mol. The molecule has 21 heavy (non-hydrogen) atoms. The largest absolute Gasteiger partial charge is 0.434 e. The van der Waals surface area contributed by atoms with Crippen LogP contribution in [-0.4, -0.2) is 9.97 Å². The van der Waals surface area contributed by atoms with Gasteiger partial charge in [-0.1, -0.05) is 34.8 Å². The Morgan fingerprint density at radius 2 is 1.67 bits per heavy atom. The van der Waals surface area contributed by atoms with E-state index in [1.807, 2.05) is 0 Å². The second-order valence-corrected chi connectivity index (χ2v) is 5.51. The third kappa shape index (κ3) is 2.97. The molecule has 1 aromatic heterocycles. The molecule has 0 amide bonds. The van der Waals surface area contributed by atoms with E-state index in [0.29, 0.717) is 31.8 Å². The Morgan fingerprint density at radius 3 is 2.38 bits per heavy atom. The summed E-state index contributed by atoms with van der Waals surface area (Å²) in [5.41, 5.74) is 7.42. The van der Waals surface area contributed by atoms with Crippen LogP contribution in [-0.2, 0) is 0 Å². The van der Waals surface area contributed by atoms with Crippen LogP contribution in [0.2, 0.25) is 15.1 Å². The van der Waals surface area contributed by atoms with Crippen LogP contribution in [0, 0.1) is 0 Å². The molecule has 0 fully saturated rings. The molecule has 4 nitrogen and oxygen atoms in total. The minimum atomic E-state index is 0.276. The summed E-state index contributed by atoms with van der Waals surface area (Å²) in [6.07, 6.45) is 1.47. The molecule has 3 rings (SSSR count). The van der Waals surface area contributed by atoms with Crippen molar-refractivity contribution in [2.24, 2.45) is 0 Å². The summed E-state index contributed by atoms with van der Waals surface area (Å²) in [7, 11) is 0. The highest BCUT2D eigenvalue weighted by molar-refractivity contribution is 6.37. The molecule has 0 spiro atoms. The molecule has 0 radical (unpaired) electrons. The maximum Gasteiger partial charge on any atom is 0.238 e. The molecular formula is C14H8Cl3N3O. The molecule has 0 bridgehead atoms. The highest BCUT2D eigenvalue weighted by Crippen LogP contribution is 2.37. The lowest BCUT2D eigenvalue weighted by Gasteiger charge is -2.09. The molecule has 3 aromatic rings. The van der Waals surface area contributed by atoms with Crippen molar-refractivity contribution in [3.63, 3.8) is 0 Å². The highest BCUT2D eigenvalue weighted by atomic mass is 35.5. The molecule has 0 aliphatic carbocycles. The van der Waals surface area contributed by atoms with Crippen LogP contribution in [0.4, 0.5) is 5.69 Å². The molecule has 2 N–H and O–H groups in total. The first kappa shape index (κ1) is 14.2. The Hall–Kier alpha value is -1.75. The van der Waals surface area contributed by atoms with E-state index in [4.69, 9.17) is 45.3 Å². The van der Waals surface area contributed by atoms with Gasteiger partial charge in [0, 0.05) is 10.7 Å². The van der Waals surface area contributed by atoms with Gasteiger partial charge in [0.2, 0.25) is 5.88 Å². The van der Waals surface area contributed by atoms with E-state index in [0.717, 1.165) is 0 Å². The van der Waals surface area contributed by atoms with E-state index in [9.17, 15) is 0 Å². The van der Waals surface area contributed by atoms with Crippen LogP contribution < -0.4 is 10.5 Å². The molecule has 0 atom stereocenters. The van der Waals surface area contributed by atoms with E-state index in [1.165, 1.54) is 6.20 Å². The van der Waals surface area contributed by atoms with Gasteiger partial charge in [-0.2, -0.15) is 0 Å². The minimum Gasteiger partial charge on any atom is -0.434 e. The van der Waals surface area contributed by atoms with Gasteiger partial charge in [0.1, 0.15) is 0 Å². The smallest absolute Gasteiger partial charge is 0.238 e. The standard InChI is InChI=1S/C14H8Cl3N3O/c15-7-1-2-11-12(3-7)19-6-13(20-11)21-14-9(16)4-8(18)5-10(14)17/h1-6H,18H2. The Labute approximate surface area is 135 Å². The molecule has 1 heterocycles. The molecule has 0 aliphatic rings. The van der Waals surface area contributed by atoms with Crippen molar-refractivity contribution in [3.8, 4) is 11.6 Å². The first-order chi connectivity index (χ1) is 10.0. The van der Waals surface area contributed by atoms with Gasteiger partial charge < -0.3 is 10.5 Å². The Balaban J connectivity index is 2.00. The van der Waals surface area contributed by atoms with Crippen LogP contribution in [0.1, 0.15) is 0 Å². The van der Waals surface area contributed by atoms with E-state index < -0.39 is 0 Å². The predicted molar refractivity (Wildman–Crippen MR) is 85.5 cm³/mol. The molecule has 0 unspecified atom stereocenters. The van der Waals surface area contributed by atoms with Gasteiger partial charge in [-0.15, -0.1) is 0 Å². The molecule has 7 heteroatoms. The minimum absolute atomic E-state index is 0.276. The van der Waals surface area contributed by atoms with Gasteiger partial charge in [-0.25, -0.2) is 9.97 Å². The zero-order chi connectivity index (χ0) is 15.0. The number of hydrogen-bond acceptors (Lipinski definition) is 4. The van der Waals surface area contributed by atoms with Crippen LogP contribution in [0.25, 0.3) is 11.0 Å². The Bertz CT molecular complexity index is 816. The van der Waals surface area contributed by atoms with Crippen LogP contribution >= 0.6 is 34.8 Å². The van der Waals surface area contributed by atoms with Crippen molar-refractivity contribution in [1.82, 2.24) is 9.97 Å². The quantitative estimate of drug-likeness (QED) is 0.669. The van der Waals surface area contributed by atoms with Crippen molar-refractivity contribution in [3.05, 3.63) is 51.6 Å². The molecule has 106 valence electrons. The molecule has 0 saturated carbocycles. The fourth-order valence-electron chi connectivity index (χ4n) is 1.80. The number of rotatable bonds is 2. The number of anilines is 1. The number of nitrogens with zero attached hydrogens (tertiary/aromatic N) is 2. The number of aromatic nitrogens is 2. The topological polar surface area (TPSA) is 61.0 Å².